The molecule has 0 bridgehead atoms. The van der Waals surface area contributed by atoms with E-state index >= 15 is 0 Å². The molecule has 0 spiro atoms. The first-order valence-electron chi connectivity index (χ1n) is 8.61. The number of hydrogen-bond donors (Lipinski definition) is 1. The minimum absolute atomic E-state index is 0.0403. The summed E-state index contributed by atoms with van der Waals surface area (Å²) in [5.41, 5.74) is 5.36. The molecule has 0 fully saturated rings. The lowest BCUT2D eigenvalue weighted by Gasteiger charge is -2.08. The van der Waals surface area contributed by atoms with E-state index in [1.165, 1.54) is 70.4 Å². The lowest BCUT2D eigenvalue weighted by atomic mass is 9.96. The number of Topliss-reactive ketones (excluding diaryl/α,β-unsaturated/α-hetero) is 1. The van der Waals surface area contributed by atoms with Crippen molar-refractivity contribution in [3.63, 3.8) is 0 Å². The van der Waals surface area contributed by atoms with E-state index in [1.54, 1.807) is 6.92 Å². The molecule has 2 nitrogen and oxygen atoms in total. The molecule has 2 N–H and O–H groups in total. The van der Waals surface area contributed by atoms with Crippen molar-refractivity contribution in [1.82, 2.24) is 0 Å². The number of ketones is 1. The van der Waals surface area contributed by atoms with Gasteiger partial charge in [-0.25, -0.2) is 0 Å². The number of unbranched alkanes of at least 4 members (excludes halogenated alkanes) is 10. The van der Waals surface area contributed by atoms with Gasteiger partial charge in [-0.3, -0.25) is 4.79 Å². The van der Waals surface area contributed by atoms with E-state index in [4.69, 9.17) is 5.73 Å². The van der Waals surface area contributed by atoms with Crippen LogP contribution < -0.4 is 5.73 Å². The predicted molar refractivity (Wildman–Crippen MR) is 88.6 cm³/mol. The molecule has 0 aliphatic heterocycles. The highest BCUT2D eigenvalue weighted by Gasteiger charge is 2.09. The van der Waals surface area contributed by atoms with Gasteiger partial charge in [0.25, 0.3) is 0 Å². The Kier molecular flexibility index (Phi) is 14.0. The summed E-state index contributed by atoms with van der Waals surface area (Å²) in [5, 5.41) is 0. The molecule has 0 aromatic heterocycles. The molecule has 0 saturated heterocycles. The molecule has 118 valence electrons. The van der Waals surface area contributed by atoms with Crippen molar-refractivity contribution in [3.8, 4) is 0 Å². The summed E-state index contributed by atoms with van der Waals surface area (Å²) in [7, 11) is 0. The average Bonchev–Trinajstić information content (AvgIpc) is 2.43. The van der Waals surface area contributed by atoms with E-state index in [9.17, 15) is 4.79 Å². The molecular formula is C18H35NO. The van der Waals surface area contributed by atoms with Crippen LogP contribution in [0.3, 0.4) is 0 Å². The SMILES string of the molecule is CCCCCCCCCCCCCC(C=CN)C(C)=O. The van der Waals surface area contributed by atoms with Crippen molar-refractivity contribution in [2.75, 3.05) is 0 Å². The van der Waals surface area contributed by atoms with Crippen molar-refractivity contribution in [1.29, 1.82) is 0 Å². The molecule has 0 saturated carbocycles. The van der Waals surface area contributed by atoms with Crippen molar-refractivity contribution < 1.29 is 4.79 Å². The maximum Gasteiger partial charge on any atom is 0.136 e. The maximum absolute atomic E-state index is 11.3. The highest BCUT2D eigenvalue weighted by Crippen LogP contribution is 2.15. The summed E-state index contributed by atoms with van der Waals surface area (Å²) < 4.78 is 0. The molecule has 0 aromatic rings. The zero-order valence-corrected chi connectivity index (χ0v) is 13.7. The van der Waals surface area contributed by atoms with Gasteiger partial charge in [-0.1, -0.05) is 83.6 Å². The van der Waals surface area contributed by atoms with E-state index < -0.39 is 0 Å². The molecule has 0 radical (unpaired) electrons. The van der Waals surface area contributed by atoms with Crippen LogP contribution in [-0.2, 0) is 4.79 Å². The van der Waals surface area contributed by atoms with E-state index in [2.05, 4.69) is 6.92 Å². The predicted octanol–water partition coefficient (Wildman–Crippen LogP) is 5.37. The number of allylic oxidation sites excluding steroid dienone is 1. The second-order valence-electron chi connectivity index (χ2n) is 5.93. The molecule has 1 unspecified atom stereocenters. The Bertz CT molecular complexity index is 248. The van der Waals surface area contributed by atoms with Crippen LogP contribution in [0.1, 0.15) is 90.9 Å². The van der Waals surface area contributed by atoms with Crippen LogP contribution in [0, 0.1) is 5.92 Å². The fourth-order valence-electron chi connectivity index (χ4n) is 2.60. The second-order valence-corrected chi connectivity index (χ2v) is 5.93. The first-order valence-corrected chi connectivity index (χ1v) is 8.61. The third-order valence-electron chi connectivity index (χ3n) is 3.98. The highest BCUT2D eigenvalue weighted by atomic mass is 16.1. The molecule has 0 rings (SSSR count). The van der Waals surface area contributed by atoms with Gasteiger partial charge in [-0.05, 0) is 19.5 Å². The van der Waals surface area contributed by atoms with Crippen LogP contribution in [0.15, 0.2) is 12.3 Å². The summed E-state index contributed by atoms with van der Waals surface area (Å²) in [6.45, 7) is 3.92. The average molecular weight is 281 g/mol. The fourth-order valence-corrected chi connectivity index (χ4v) is 2.60. The smallest absolute Gasteiger partial charge is 0.136 e. The van der Waals surface area contributed by atoms with Gasteiger partial charge in [0.05, 0.1) is 0 Å². The first-order chi connectivity index (χ1) is 9.72. The molecule has 20 heavy (non-hydrogen) atoms. The van der Waals surface area contributed by atoms with Crippen LogP contribution in [0.25, 0.3) is 0 Å². The monoisotopic (exact) mass is 281 g/mol. The summed E-state index contributed by atoms with van der Waals surface area (Å²) in [5.74, 6) is 0.275. The van der Waals surface area contributed by atoms with Gasteiger partial charge in [0.15, 0.2) is 0 Å². The van der Waals surface area contributed by atoms with E-state index in [-0.39, 0.29) is 11.7 Å². The Morgan fingerprint density at radius 1 is 0.900 bits per heavy atom. The quantitative estimate of drug-likeness (QED) is 0.435. The van der Waals surface area contributed by atoms with Crippen molar-refractivity contribution in [2.24, 2.45) is 11.7 Å². The van der Waals surface area contributed by atoms with Crippen molar-refractivity contribution in [3.05, 3.63) is 12.3 Å². The zero-order chi connectivity index (χ0) is 15.1. The maximum atomic E-state index is 11.3. The minimum atomic E-state index is 0.0403. The Balaban J connectivity index is 3.29. The molecule has 0 aliphatic carbocycles. The van der Waals surface area contributed by atoms with Gasteiger partial charge in [-0.2, -0.15) is 0 Å². The standard InChI is InChI=1S/C18H35NO/c1-3-4-5-6-7-8-9-10-11-12-13-14-18(15-16-19)17(2)20/h15-16,18H,3-14,19H2,1-2H3. The third-order valence-corrected chi connectivity index (χ3v) is 3.98. The molecule has 0 aliphatic rings. The van der Waals surface area contributed by atoms with Crippen LogP contribution in [0.4, 0.5) is 0 Å². The molecule has 0 heterocycles. The van der Waals surface area contributed by atoms with Crippen LogP contribution in [0.5, 0.6) is 0 Å². The normalized spacial score (nSPS) is 12.9. The van der Waals surface area contributed by atoms with E-state index in [0.29, 0.717) is 0 Å². The van der Waals surface area contributed by atoms with Crippen LogP contribution >= 0.6 is 0 Å². The Morgan fingerprint density at radius 2 is 1.35 bits per heavy atom. The fraction of sp³-hybridized carbons (Fsp3) is 0.833. The van der Waals surface area contributed by atoms with E-state index in [0.717, 1.165) is 12.8 Å². The lowest BCUT2D eigenvalue weighted by Crippen LogP contribution is -2.08. The lowest BCUT2D eigenvalue weighted by molar-refractivity contribution is -0.119. The third kappa shape index (κ3) is 12.3. The number of rotatable bonds is 14. The highest BCUT2D eigenvalue weighted by molar-refractivity contribution is 5.79. The number of carbonyl (C=O) groups excluding carboxylic acids is 1. The zero-order valence-electron chi connectivity index (χ0n) is 13.7. The molecule has 1 atom stereocenters. The topological polar surface area (TPSA) is 43.1 Å². The molecule has 0 amide bonds. The largest absolute Gasteiger partial charge is 0.405 e. The summed E-state index contributed by atoms with van der Waals surface area (Å²) in [4.78, 5) is 11.3. The van der Waals surface area contributed by atoms with Gasteiger partial charge in [0.2, 0.25) is 0 Å². The number of carbonyl (C=O) groups is 1. The van der Waals surface area contributed by atoms with Crippen LogP contribution in [0.2, 0.25) is 0 Å². The van der Waals surface area contributed by atoms with Crippen LogP contribution in [-0.4, -0.2) is 5.78 Å². The van der Waals surface area contributed by atoms with Crippen molar-refractivity contribution >= 4 is 5.78 Å². The molecule has 0 aromatic carbocycles. The molecular weight excluding hydrogens is 246 g/mol. The van der Waals surface area contributed by atoms with Gasteiger partial charge in [-0.15, -0.1) is 0 Å². The van der Waals surface area contributed by atoms with Gasteiger partial charge in [0.1, 0.15) is 5.78 Å². The summed E-state index contributed by atoms with van der Waals surface area (Å²) in [6, 6.07) is 0. The van der Waals surface area contributed by atoms with Gasteiger partial charge >= 0.3 is 0 Å². The number of hydrogen-bond acceptors (Lipinski definition) is 2. The Hall–Kier alpha value is -0.790. The summed E-state index contributed by atoms with van der Waals surface area (Å²) in [6.07, 6.45) is 19.1. The van der Waals surface area contributed by atoms with Gasteiger partial charge in [0, 0.05) is 5.92 Å². The second kappa shape index (κ2) is 14.6. The Labute approximate surface area is 126 Å². The van der Waals surface area contributed by atoms with Gasteiger partial charge < -0.3 is 5.73 Å². The summed E-state index contributed by atoms with van der Waals surface area (Å²) >= 11 is 0. The number of nitrogens with two attached hydrogens (primary N) is 1. The Morgan fingerprint density at radius 3 is 1.75 bits per heavy atom. The minimum Gasteiger partial charge on any atom is -0.405 e. The van der Waals surface area contributed by atoms with E-state index in [1.807, 2.05) is 6.08 Å². The first kappa shape index (κ1) is 19.2. The molecule has 2 heteroatoms. The van der Waals surface area contributed by atoms with Crippen molar-refractivity contribution in [2.45, 2.75) is 90.9 Å².